The predicted molar refractivity (Wildman–Crippen MR) is 85.9 cm³/mol. The van der Waals surface area contributed by atoms with Gasteiger partial charge in [-0.1, -0.05) is 29.8 Å². The Morgan fingerprint density at radius 3 is 2.52 bits per heavy atom. The van der Waals surface area contributed by atoms with E-state index >= 15 is 0 Å². The van der Waals surface area contributed by atoms with Crippen LogP contribution in [0.3, 0.4) is 0 Å². The predicted octanol–water partition coefficient (Wildman–Crippen LogP) is 2.55. The van der Waals surface area contributed by atoms with E-state index < -0.39 is 26.7 Å². The van der Waals surface area contributed by atoms with Crippen LogP contribution in [0.15, 0.2) is 58.2 Å². The van der Waals surface area contributed by atoms with Crippen molar-refractivity contribution in [3.8, 4) is 0 Å². The second-order valence-electron chi connectivity index (χ2n) is 5.12. The van der Waals surface area contributed by atoms with E-state index in [1.54, 1.807) is 36.4 Å². The summed E-state index contributed by atoms with van der Waals surface area (Å²) in [5.74, 6) is -1.37. The lowest BCUT2D eigenvalue weighted by atomic mass is 10.2. The highest BCUT2D eigenvalue weighted by atomic mass is 32.2. The van der Waals surface area contributed by atoms with Crippen molar-refractivity contribution in [2.45, 2.75) is 12.1 Å². The van der Waals surface area contributed by atoms with E-state index in [0.29, 0.717) is 16.8 Å². The van der Waals surface area contributed by atoms with Crippen LogP contribution < -0.4 is 5.32 Å². The first kappa shape index (κ1) is 15.2. The van der Waals surface area contributed by atoms with Crippen LogP contribution in [0.5, 0.6) is 0 Å². The summed E-state index contributed by atoms with van der Waals surface area (Å²) in [7, 11) is -3.94. The Morgan fingerprint density at radius 2 is 1.83 bits per heavy atom. The van der Waals surface area contributed by atoms with Gasteiger partial charge in [0.05, 0.1) is 0 Å². The molecule has 1 aromatic heterocycles. The molecule has 118 valence electrons. The molecule has 0 fully saturated rings. The van der Waals surface area contributed by atoms with Crippen molar-refractivity contribution in [3.63, 3.8) is 0 Å². The molecule has 0 atom stereocenters. The van der Waals surface area contributed by atoms with Gasteiger partial charge in [0.1, 0.15) is 11.3 Å². The molecule has 0 bridgehead atoms. The average molecular weight is 330 g/mol. The van der Waals surface area contributed by atoms with Gasteiger partial charge in [-0.15, -0.1) is 0 Å². The van der Waals surface area contributed by atoms with Crippen molar-refractivity contribution in [2.75, 3.05) is 11.1 Å². The van der Waals surface area contributed by atoms with Gasteiger partial charge in [-0.25, -0.2) is 8.42 Å². The Balaban J connectivity index is 1.77. The molecule has 0 radical (unpaired) electrons. The summed E-state index contributed by atoms with van der Waals surface area (Å²) in [6, 6.07) is 13.8. The lowest BCUT2D eigenvalue weighted by Crippen LogP contribution is -2.23. The Labute approximate surface area is 133 Å². The third-order valence-electron chi connectivity index (χ3n) is 3.20. The molecular weight excluding hydrogens is 316 g/mol. The maximum absolute atomic E-state index is 12.2. The number of amides is 1. The fraction of sp³-hybridized carbons (Fsp3) is 0.125. The first-order chi connectivity index (χ1) is 10.9. The number of aryl methyl sites for hydroxylation is 1. The van der Waals surface area contributed by atoms with Crippen molar-refractivity contribution in [1.82, 2.24) is 4.98 Å². The first-order valence-electron chi connectivity index (χ1n) is 6.89. The van der Waals surface area contributed by atoms with E-state index in [9.17, 15) is 13.2 Å². The normalized spacial score (nSPS) is 11.5. The number of oxazole rings is 1. The van der Waals surface area contributed by atoms with Gasteiger partial charge in [0.25, 0.3) is 0 Å². The Hall–Kier alpha value is -2.67. The molecule has 1 amide bonds. The number of fused-ring (bicyclic) bond motifs is 1. The van der Waals surface area contributed by atoms with Gasteiger partial charge in [-0.3, -0.25) is 4.79 Å². The number of benzene rings is 2. The molecule has 0 saturated heterocycles. The number of sulfone groups is 1. The highest BCUT2D eigenvalue weighted by Crippen LogP contribution is 2.19. The summed E-state index contributed by atoms with van der Waals surface area (Å²) in [4.78, 5) is 15.9. The summed E-state index contributed by atoms with van der Waals surface area (Å²) in [5, 5.41) is 2.09. The minimum atomic E-state index is -3.94. The standard InChI is InChI=1S/C16H14N2O4S/c1-11-6-8-12(9-7-11)17-15(19)10-23(20,21)16-18-13-4-2-3-5-14(13)22-16/h2-9H,10H2,1H3,(H,17,19). The number of hydrogen-bond donors (Lipinski definition) is 1. The Morgan fingerprint density at radius 1 is 1.13 bits per heavy atom. The number of hydrogen-bond acceptors (Lipinski definition) is 5. The first-order valence-corrected chi connectivity index (χ1v) is 8.54. The quantitative estimate of drug-likeness (QED) is 0.794. The minimum absolute atomic E-state index is 0.366. The third-order valence-corrected chi connectivity index (χ3v) is 4.55. The molecule has 0 aliphatic carbocycles. The lowest BCUT2D eigenvalue weighted by Gasteiger charge is -2.04. The van der Waals surface area contributed by atoms with E-state index in [1.807, 2.05) is 19.1 Å². The number of aromatic nitrogens is 1. The second kappa shape index (κ2) is 5.85. The van der Waals surface area contributed by atoms with E-state index in [4.69, 9.17) is 4.42 Å². The number of carbonyl (C=O) groups is 1. The molecule has 0 aliphatic rings. The maximum Gasteiger partial charge on any atom is 0.316 e. The van der Waals surface area contributed by atoms with Crippen molar-refractivity contribution < 1.29 is 17.6 Å². The summed E-state index contributed by atoms with van der Waals surface area (Å²) >= 11 is 0. The van der Waals surface area contributed by atoms with Crippen molar-refractivity contribution in [2.24, 2.45) is 0 Å². The molecule has 23 heavy (non-hydrogen) atoms. The Bertz CT molecular complexity index is 926. The number of nitrogens with one attached hydrogen (secondary N) is 1. The Kier molecular flexibility index (Phi) is 3.87. The van der Waals surface area contributed by atoms with Crippen LogP contribution in [0.25, 0.3) is 11.1 Å². The number of carbonyl (C=O) groups excluding carboxylic acids is 1. The van der Waals surface area contributed by atoms with E-state index in [1.165, 1.54) is 0 Å². The summed E-state index contributed by atoms with van der Waals surface area (Å²) in [6.45, 7) is 1.92. The van der Waals surface area contributed by atoms with Crippen molar-refractivity contribution >= 4 is 32.5 Å². The molecule has 3 rings (SSSR count). The molecule has 2 aromatic carbocycles. The fourth-order valence-corrected chi connectivity index (χ4v) is 3.05. The van der Waals surface area contributed by atoms with Crippen LogP contribution in [0.2, 0.25) is 0 Å². The van der Waals surface area contributed by atoms with Crippen LogP contribution in [0.1, 0.15) is 5.56 Å². The molecular formula is C16H14N2O4S. The third kappa shape index (κ3) is 3.40. The van der Waals surface area contributed by atoms with Gasteiger partial charge in [-0.2, -0.15) is 4.98 Å². The molecule has 6 nitrogen and oxygen atoms in total. The number of rotatable bonds is 4. The zero-order valence-electron chi connectivity index (χ0n) is 12.3. The van der Waals surface area contributed by atoms with Gasteiger partial charge in [0, 0.05) is 5.69 Å². The SMILES string of the molecule is Cc1ccc(NC(=O)CS(=O)(=O)c2nc3ccccc3o2)cc1. The fourth-order valence-electron chi connectivity index (χ4n) is 2.05. The monoisotopic (exact) mass is 330 g/mol. The van der Waals surface area contributed by atoms with Gasteiger partial charge < -0.3 is 9.73 Å². The minimum Gasteiger partial charge on any atom is -0.428 e. The molecule has 0 unspecified atom stereocenters. The molecule has 0 aliphatic heterocycles. The van der Waals surface area contributed by atoms with Crippen LogP contribution in [0, 0.1) is 6.92 Å². The van der Waals surface area contributed by atoms with Crippen molar-refractivity contribution in [1.29, 1.82) is 0 Å². The summed E-state index contributed by atoms with van der Waals surface area (Å²) in [6.07, 6.45) is 0. The molecule has 7 heteroatoms. The average Bonchev–Trinajstić information content (AvgIpc) is 2.94. The van der Waals surface area contributed by atoms with Gasteiger partial charge in [-0.05, 0) is 31.2 Å². The maximum atomic E-state index is 12.2. The van der Waals surface area contributed by atoms with Gasteiger partial charge in [0.15, 0.2) is 5.58 Å². The summed E-state index contributed by atoms with van der Waals surface area (Å²) in [5.41, 5.74) is 2.38. The van der Waals surface area contributed by atoms with Crippen LogP contribution in [0.4, 0.5) is 5.69 Å². The topological polar surface area (TPSA) is 89.3 Å². The highest BCUT2D eigenvalue weighted by molar-refractivity contribution is 7.91. The van der Waals surface area contributed by atoms with Gasteiger partial charge >= 0.3 is 5.22 Å². The van der Waals surface area contributed by atoms with E-state index in [2.05, 4.69) is 10.3 Å². The smallest absolute Gasteiger partial charge is 0.316 e. The van der Waals surface area contributed by atoms with E-state index in [0.717, 1.165) is 5.56 Å². The number of anilines is 1. The molecule has 0 spiro atoms. The van der Waals surface area contributed by atoms with Gasteiger partial charge in [0.2, 0.25) is 15.7 Å². The second-order valence-corrected chi connectivity index (χ2v) is 6.99. The van der Waals surface area contributed by atoms with Crippen LogP contribution in [-0.2, 0) is 14.6 Å². The highest BCUT2D eigenvalue weighted by Gasteiger charge is 2.25. The van der Waals surface area contributed by atoms with Crippen LogP contribution in [-0.4, -0.2) is 25.1 Å². The van der Waals surface area contributed by atoms with E-state index in [-0.39, 0.29) is 0 Å². The largest absolute Gasteiger partial charge is 0.428 e. The summed E-state index contributed by atoms with van der Waals surface area (Å²) < 4.78 is 29.7. The zero-order valence-corrected chi connectivity index (χ0v) is 13.1. The van der Waals surface area contributed by atoms with Crippen LogP contribution >= 0.6 is 0 Å². The molecule has 3 aromatic rings. The lowest BCUT2D eigenvalue weighted by molar-refractivity contribution is -0.113. The zero-order chi connectivity index (χ0) is 16.4. The van der Waals surface area contributed by atoms with Crippen molar-refractivity contribution in [3.05, 3.63) is 54.1 Å². The number of para-hydroxylation sites is 2. The molecule has 1 heterocycles. The number of nitrogens with zero attached hydrogens (tertiary/aromatic N) is 1. The molecule has 0 saturated carbocycles. The molecule has 1 N–H and O–H groups in total.